The first-order valence-electron chi connectivity index (χ1n) is 12.4. The van der Waals surface area contributed by atoms with Gasteiger partial charge in [0.15, 0.2) is 0 Å². The van der Waals surface area contributed by atoms with Gasteiger partial charge in [-0.2, -0.15) is 5.26 Å². The summed E-state index contributed by atoms with van der Waals surface area (Å²) in [6, 6.07) is 19.6. The van der Waals surface area contributed by atoms with Crippen molar-refractivity contribution in [2.24, 2.45) is 5.92 Å². The van der Waals surface area contributed by atoms with E-state index < -0.39 is 11.1 Å². The molecule has 7 heteroatoms. The Kier molecular flexibility index (Phi) is 6.24. The number of benzene rings is 2. The van der Waals surface area contributed by atoms with Crippen LogP contribution in [0.25, 0.3) is 0 Å². The molecule has 3 aliphatic rings. The Labute approximate surface area is 206 Å². The number of amides is 2. The predicted octanol–water partition coefficient (Wildman–Crippen LogP) is 4.21. The van der Waals surface area contributed by atoms with Crippen LogP contribution in [0, 0.1) is 17.2 Å². The van der Waals surface area contributed by atoms with Crippen molar-refractivity contribution in [1.82, 2.24) is 9.80 Å². The average molecular weight is 474 g/mol. The Morgan fingerprint density at radius 3 is 2.40 bits per heavy atom. The number of nitriles is 1. The van der Waals surface area contributed by atoms with Crippen molar-refractivity contribution >= 4 is 12.0 Å². The van der Waals surface area contributed by atoms with Gasteiger partial charge in [-0.3, -0.25) is 9.69 Å². The van der Waals surface area contributed by atoms with Gasteiger partial charge in [-0.15, -0.1) is 0 Å². The molecule has 35 heavy (non-hydrogen) atoms. The number of hydrogen-bond donors (Lipinski definition) is 0. The van der Waals surface area contributed by atoms with E-state index in [1.165, 1.54) is 0 Å². The first kappa shape index (κ1) is 23.4. The lowest BCUT2D eigenvalue weighted by molar-refractivity contribution is -0.144. The molecule has 182 valence electrons. The number of hydrogen-bond acceptors (Lipinski definition) is 5. The molecule has 2 amide bonds. The van der Waals surface area contributed by atoms with Crippen LogP contribution in [0.2, 0.25) is 0 Å². The van der Waals surface area contributed by atoms with E-state index in [2.05, 4.69) is 13.0 Å². The van der Waals surface area contributed by atoms with Crippen LogP contribution < -0.4 is 0 Å². The Morgan fingerprint density at radius 1 is 1.06 bits per heavy atom. The van der Waals surface area contributed by atoms with Gasteiger partial charge in [0.2, 0.25) is 5.91 Å². The molecule has 3 saturated heterocycles. The molecule has 0 N–H and O–H groups in total. The van der Waals surface area contributed by atoms with Crippen LogP contribution in [0.1, 0.15) is 49.3 Å². The molecule has 3 fully saturated rings. The Hall–Kier alpha value is -3.37. The number of carbonyl (C=O) groups is 2. The first-order chi connectivity index (χ1) is 17.0. The van der Waals surface area contributed by atoms with Crippen molar-refractivity contribution < 1.29 is 19.1 Å². The third-order valence-electron chi connectivity index (χ3n) is 8.19. The van der Waals surface area contributed by atoms with Crippen LogP contribution in [-0.2, 0) is 26.4 Å². The molecular weight excluding hydrogens is 442 g/mol. The summed E-state index contributed by atoms with van der Waals surface area (Å²) >= 11 is 0. The van der Waals surface area contributed by atoms with Crippen molar-refractivity contribution in [3.05, 3.63) is 71.3 Å². The lowest BCUT2D eigenvalue weighted by Gasteiger charge is -2.48. The van der Waals surface area contributed by atoms with Gasteiger partial charge in [-0.25, -0.2) is 4.79 Å². The minimum atomic E-state index is -0.764. The molecule has 1 spiro atoms. The van der Waals surface area contributed by atoms with Gasteiger partial charge < -0.3 is 14.4 Å². The normalized spacial score (nSPS) is 24.3. The van der Waals surface area contributed by atoms with Crippen LogP contribution in [-0.4, -0.2) is 53.7 Å². The van der Waals surface area contributed by atoms with Crippen molar-refractivity contribution in [1.29, 1.82) is 5.26 Å². The third-order valence-corrected chi connectivity index (χ3v) is 8.19. The second-order valence-corrected chi connectivity index (χ2v) is 9.87. The maximum absolute atomic E-state index is 13.4. The summed E-state index contributed by atoms with van der Waals surface area (Å²) in [5.74, 6) is 0.206. The van der Waals surface area contributed by atoms with Crippen molar-refractivity contribution in [2.45, 2.75) is 50.3 Å². The molecule has 1 atom stereocenters. The molecule has 2 aromatic carbocycles. The number of piperidine rings is 1. The molecular formula is C28H31N3O4. The largest absolute Gasteiger partial charge is 0.440 e. The molecule has 0 radical (unpaired) electrons. The predicted molar refractivity (Wildman–Crippen MR) is 129 cm³/mol. The van der Waals surface area contributed by atoms with Gasteiger partial charge in [0.25, 0.3) is 0 Å². The smallest absolute Gasteiger partial charge is 0.411 e. The zero-order chi connectivity index (χ0) is 24.5. The lowest BCUT2D eigenvalue weighted by atomic mass is 9.70. The van der Waals surface area contributed by atoms with Crippen LogP contribution in [0.15, 0.2) is 54.6 Å². The van der Waals surface area contributed by atoms with Crippen LogP contribution in [0.3, 0.4) is 0 Å². The highest BCUT2D eigenvalue weighted by molar-refractivity contribution is 5.79. The highest BCUT2D eigenvalue weighted by Crippen LogP contribution is 2.52. The average Bonchev–Trinajstić information content (AvgIpc) is 3.11. The fourth-order valence-corrected chi connectivity index (χ4v) is 5.97. The second kappa shape index (κ2) is 9.35. The van der Waals surface area contributed by atoms with Crippen molar-refractivity contribution in [3.63, 3.8) is 0 Å². The van der Waals surface area contributed by atoms with E-state index in [1.54, 1.807) is 11.0 Å². The van der Waals surface area contributed by atoms with Crippen molar-refractivity contribution in [2.75, 3.05) is 26.3 Å². The van der Waals surface area contributed by atoms with Gasteiger partial charge in [-0.1, -0.05) is 48.5 Å². The van der Waals surface area contributed by atoms with Gasteiger partial charge >= 0.3 is 6.09 Å². The van der Waals surface area contributed by atoms with Gasteiger partial charge in [0.05, 0.1) is 18.2 Å². The number of nitrogens with zero attached hydrogens (tertiary/aromatic N) is 3. The number of ether oxygens (including phenoxy) is 2. The summed E-state index contributed by atoms with van der Waals surface area (Å²) in [6.07, 6.45) is 2.28. The summed E-state index contributed by atoms with van der Waals surface area (Å²) in [4.78, 5) is 30.3. The Balaban J connectivity index is 1.45. The fourth-order valence-electron chi connectivity index (χ4n) is 5.97. The summed E-state index contributed by atoms with van der Waals surface area (Å²) in [6.45, 7) is 4.72. The molecule has 2 aromatic rings. The van der Waals surface area contributed by atoms with E-state index in [-0.39, 0.29) is 24.5 Å². The van der Waals surface area contributed by atoms with Gasteiger partial charge in [0, 0.05) is 45.1 Å². The first-order valence-corrected chi connectivity index (χ1v) is 12.4. The van der Waals surface area contributed by atoms with E-state index in [9.17, 15) is 14.9 Å². The molecule has 0 aliphatic carbocycles. The third kappa shape index (κ3) is 3.96. The van der Waals surface area contributed by atoms with Crippen molar-refractivity contribution in [3.8, 4) is 6.07 Å². The van der Waals surface area contributed by atoms with E-state index in [1.807, 2.05) is 53.4 Å². The molecule has 0 bridgehead atoms. The number of carbonyl (C=O) groups excluding carboxylic acids is 2. The topological polar surface area (TPSA) is 82.9 Å². The van der Waals surface area contributed by atoms with Crippen LogP contribution >= 0.6 is 0 Å². The molecule has 7 nitrogen and oxygen atoms in total. The van der Waals surface area contributed by atoms with E-state index in [0.717, 1.165) is 24.0 Å². The lowest BCUT2D eigenvalue weighted by Crippen LogP contribution is -2.59. The fraction of sp³-hybridized carbons (Fsp3) is 0.464. The quantitative estimate of drug-likeness (QED) is 0.664. The SMILES string of the molecule is CC1(c2ccccc2)N(Cc2ccccc2C#N)C(=O)OC12CCN(C(=O)C1CCOCC1)CC2. The summed E-state index contributed by atoms with van der Waals surface area (Å²) < 4.78 is 11.7. The maximum atomic E-state index is 13.4. The summed E-state index contributed by atoms with van der Waals surface area (Å²) in [5.41, 5.74) is 0.817. The highest BCUT2D eigenvalue weighted by atomic mass is 16.6. The monoisotopic (exact) mass is 473 g/mol. The minimum Gasteiger partial charge on any atom is -0.440 e. The molecule has 1 unspecified atom stereocenters. The Morgan fingerprint density at radius 2 is 1.71 bits per heavy atom. The molecule has 3 aliphatic heterocycles. The number of rotatable bonds is 4. The van der Waals surface area contributed by atoms with E-state index >= 15 is 0 Å². The van der Waals surface area contributed by atoms with Gasteiger partial charge in [0.1, 0.15) is 11.1 Å². The minimum absolute atomic E-state index is 0.0171. The summed E-state index contributed by atoms with van der Waals surface area (Å²) in [5, 5.41) is 9.61. The molecule has 0 aromatic heterocycles. The number of likely N-dealkylation sites (tertiary alicyclic amines) is 1. The zero-order valence-corrected chi connectivity index (χ0v) is 20.1. The summed E-state index contributed by atoms with van der Waals surface area (Å²) in [7, 11) is 0. The molecule has 5 rings (SSSR count). The van der Waals surface area contributed by atoms with E-state index in [0.29, 0.717) is 44.7 Å². The molecule has 0 saturated carbocycles. The van der Waals surface area contributed by atoms with Crippen LogP contribution in [0.4, 0.5) is 4.79 Å². The van der Waals surface area contributed by atoms with Crippen LogP contribution in [0.5, 0.6) is 0 Å². The highest BCUT2D eigenvalue weighted by Gasteiger charge is 2.64. The standard InChI is InChI=1S/C28H31N3O4/c1-27(24-9-3-2-4-10-24)28(13-15-30(16-14-28)25(32)21-11-17-34-18-12-21)35-26(33)31(27)20-23-8-6-5-7-22(23)19-29/h2-10,21H,11-18,20H2,1H3. The maximum Gasteiger partial charge on any atom is 0.411 e. The Bertz CT molecular complexity index is 1130. The molecule has 3 heterocycles. The second-order valence-electron chi connectivity index (χ2n) is 9.87. The van der Waals surface area contributed by atoms with Gasteiger partial charge in [-0.05, 0) is 37.0 Å². The zero-order valence-electron chi connectivity index (χ0n) is 20.1. The van der Waals surface area contributed by atoms with E-state index in [4.69, 9.17) is 9.47 Å².